The Kier molecular flexibility index (Phi) is 3.65. The van der Waals surface area contributed by atoms with E-state index >= 15 is 0 Å². The Balaban J connectivity index is 1.39. The van der Waals surface area contributed by atoms with Gasteiger partial charge in [-0.05, 0) is 45.3 Å². The Bertz CT molecular complexity index is 716. The first-order chi connectivity index (χ1) is 11.9. The lowest BCUT2D eigenvalue weighted by molar-refractivity contribution is -0.203. The summed E-state index contributed by atoms with van der Waals surface area (Å²) in [6.45, 7) is 8.84. The molecule has 140 valence electrons. The van der Waals surface area contributed by atoms with E-state index in [0.29, 0.717) is 18.7 Å². The van der Waals surface area contributed by atoms with Crippen LogP contribution in [0.25, 0.3) is 0 Å². The van der Waals surface area contributed by atoms with E-state index in [4.69, 9.17) is 9.31 Å². The Morgan fingerprint density at radius 1 is 1.00 bits per heavy atom. The molecule has 26 heavy (non-hydrogen) atoms. The molecule has 3 aliphatic rings. The smallest absolute Gasteiger partial charge is 0.399 e. The van der Waals surface area contributed by atoms with Crippen molar-refractivity contribution in [3.05, 3.63) is 29.8 Å². The molecule has 3 fully saturated rings. The predicted octanol–water partition coefficient (Wildman–Crippen LogP) is 2.86. The highest BCUT2D eigenvalue weighted by molar-refractivity contribution is 6.62. The number of carbonyl (C=O) groups excluding carboxylic acids is 1. The molecule has 0 N–H and O–H groups in total. The molecule has 0 unspecified atom stereocenters. The van der Waals surface area contributed by atoms with Crippen LogP contribution in [0, 0.1) is 5.41 Å². The quantitative estimate of drug-likeness (QED) is 0.759. The first-order valence-corrected chi connectivity index (χ1v) is 9.05. The number of benzene rings is 1. The topological polar surface area (TPSA) is 38.8 Å². The van der Waals surface area contributed by atoms with E-state index in [1.165, 1.54) is 0 Å². The van der Waals surface area contributed by atoms with Gasteiger partial charge in [0.2, 0.25) is 5.92 Å². The van der Waals surface area contributed by atoms with Gasteiger partial charge in [0.25, 0.3) is 5.91 Å². The molecule has 1 aromatic carbocycles. The molecule has 0 aromatic heterocycles. The average molecular weight is 363 g/mol. The Morgan fingerprint density at radius 2 is 1.50 bits per heavy atom. The molecule has 1 amide bonds. The van der Waals surface area contributed by atoms with Gasteiger partial charge >= 0.3 is 7.12 Å². The molecule has 1 spiro atoms. The number of nitrogens with zero attached hydrogens (tertiary/aromatic N) is 1. The number of halogens is 2. The lowest BCUT2D eigenvalue weighted by Gasteiger charge is -2.58. The average Bonchev–Trinajstić information content (AvgIpc) is 2.70. The third-order valence-electron chi connectivity index (χ3n) is 6.29. The van der Waals surface area contributed by atoms with Gasteiger partial charge in [-0.15, -0.1) is 0 Å². The van der Waals surface area contributed by atoms with Crippen molar-refractivity contribution in [1.82, 2.24) is 4.90 Å². The fourth-order valence-electron chi connectivity index (χ4n) is 4.12. The minimum absolute atomic E-state index is 0.0926. The van der Waals surface area contributed by atoms with Crippen molar-refractivity contribution in [2.45, 2.75) is 57.7 Å². The molecular formula is C19H24BF2NO3. The second-order valence-electron chi connectivity index (χ2n) is 9.08. The molecule has 0 bridgehead atoms. The minimum Gasteiger partial charge on any atom is -0.399 e. The summed E-state index contributed by atoms with van der Waals surface area (Å²) in [5, 5.41) is 0. The van der Waals surface area contributed by atoms with Crippen LogP contribution >= 0.6 is 0 Å². The van der Waals surface area contributed by atoms with E-state index in [1.807, 2.05) is 39.8 Å². The van der Waals surface area contributed by atoms with Crippen molar-refractivity contribution in [1.29, 1.82) is 0 Å². The monoisotopic (exact) mass is 363 g/mol. The maximum Gasteiger partial charge on any atom is 0.494 e. The fraction of sp³-hybridized carbons (Fsp3) is 0.632. The lowest BCUT2D eigenvalue weighted by Crippen LogP contribution is -2.66. The number of hydrogen-bond donors (Lipinski definition) is 0. The van der Waals surface area contributed by atoms with Crippen LogP contribution in [0.2, 0.25) is 0 Å². The number of hydrogen-bond acceptors (Lipinski definition) is 3. The molecule has 2 heterocycles. The predicted molar refractivity (Wildman–Crippen MR) is 94.7 cm³/mol. The Morgan fingerprint density at radius 3 is 1.96 bits per heavy atom. The molecule has 1 aromatic rings. The number of amides is 1. The normalized spacial score (nSPS) is 27.2. The molecule has 1 saturated carbocycles. The van der Waals surface area contributed by atoms with Crippen LogP contribution in [0.1, 0.15) is 50.9 Å². The summed E-state index contributed by atoms with van der Waals surface area (Å²) < 4.78 is 38.2. The molecule has 4 rings (SSSR count). The maximum absolute atomic E-state index is 13.1. The third-order valence-corrected chi connectivity index (χ3v) is 6.29. The van der Waals surface area contributed by atoms with Gasteiger partial charge in [-0.2, -0.15) is 0 Å². The summed E-state index contributed by atoms with van der Waals surface area (Å²) in [6, 6.07) is 7.18. The highest BCUT2D eigenvalue weighted by Gasteiger charge is 2.62. The van der Waals surface area contributed by atoms with Crippen molar-refractivity contribution in [2.75, 3.05) is 13.1 Å². The number of likely N-dealkylation sites (tertiary alicyclic amines) is 1. The van der Waals surface area contributed by atoms with Crippen molar-refractivity contribution in [2.24, 2.45) is 5.41 Å². The van der Waals surface area contributed by atoms with Gasteiger partial charge in [-0.1, -0.05) is 12.1 Å². The van der Waals surface area contributed by atoms with Gasteiger partial charge in [-0.25, -0.2) is 8.78 Å². The lowest BCUT2D eigenvalue weighted by atomic mass is 9.61. The summed E-state index contributed by atoms with van der Waals surface area (Å²) in [7, 11) is -0.464. The molecule has 2 aliphatic heterocycles. The zero-order chi connectivity index (χ0) is 19.0. The van der Waals surface area contributed by atoms with Crippen molar-refractivity contribution in [3.8, 4) is 0 Å². The molecule has 0 atom stereocenters. The van der Waals surface area contributed by atoms with E-state index in [-0.39, 0.29) is 24.2 Å². The first-order valence-electron chi connectivity index (χ1n) is 9.05. The second kappa shape index (κ2) is 5.29. The zero-order valence-electron chi connectivity index (χ0n) is 15.6. The van der Waals surface area contributed by atoms with Gasteiger partial charge in [0.05, 0.1) is 11.2 Å². The summed E-state index contributed by atoms with van der Waals surface area (Å²) in [5.74, 6) is -2.65. The SMILES string of the molecule is CC1(C)OB(c2ccc(C(=O)N3CC4(C3)CC(F)(F)C4)cc2)OC1(C)C. The largest absolute Gasteiger partial charge is 0.494 e. The second-order valence-corrected chi connectivity index (χ2v) is 9.08. The van der Waals surface area contributed by atoms with Crippen molar-refractivity contribution in [3.63, 3.8) is 0 Å². The van der Waals surface area contributed by atoms with Crippen LogP contribution < -0.4 is 5.46 Å². The maximum atomic E-state index is 13.1. The molecule has 1 aliphatic carbocycles. The Labute approximate surface area is 153 Å². The summed E-state index contributed by atoms with van der Waals surface area (Å²) in [5.41, 5.74) is 0.248. The van der Waals surface area contributed by atoms with Gasteiger partial charge in [0.1, 0.15) is 0 Å². The highest BCUT2D eigenvalue weighted by Crippen LogP contribution is 2.56. The van der Waals surface area contributed by atoms with Crippen molar-refractivity contribution < 1.29 is 22.9 Å². The molecule has 0 radical (unpaired) electrons. The van der Waals surface area contributed by atoms with Gasteiger partial charge < -0.3 is 14.2 Å². The summed E-state index contributed by atoms with van der Waals surface area (Å²) >= 11 is 0. The van der Waals surface area contributed by atoms with Gasteiger partial charge in [0, 0.05) is 36.9 Å². The number of carbonyl (C=O) groups is 1. The van der Waals surface area contributed by atoms with E-state index in [2.05, 4.69) is 0 Å². The van der Waals surface area contributed by atoms with E-state index in [9.17, 15) is 13.6 Å². The van der Waals surface area contributed by atoms with Crippen LogP contribution in [-0.4, -0.2) is 48.1 Å². The van der Waals surface area contributed by atoms with Crippen molar-refractivity contribution >= 4 is 18.5 Å². The summed E-state index contributed by atoms with van der Waals surface area (Å²) in [4.78, 5) is 14.2. The minimum atomic E-state index is -2.54. The Hall–Kier alpha value is -1.47. The van der Waals surface area contributed by atoms with Crippen LogP contribution in [0.3, 0.4) is 0 Å². The van der Waals surface area contributed by atoms with E-state index < -0.39 is 24.2 Å². The molecule has 7 heteroatoms. The zero-order valence-corrected chi connectivity index (χ0v) is 15.6. The van der Waals surface area contributed by atoms with Crippen LogP contribution in [0.5, 0.6) is 0 Å². The fourth-order valence-corrected chi connectivity index (χ4v) is 4.12. The highest BCUT2D eigenvalue weighted by atomic mass is 19.3. The standard InChI is InChI=1S/C19H24BF2NO3/c1-16(2)17(3,4)26-20(25-16)14-7-5-13(6-8-14)15(24)23-11-18(12-23)9-19(21,22)10-18/h5-8H,9-12H2,1-4H3. The van der Waals surface area contributed by atoms with Crippen LogP contribution in [0.15, 0.2) is 24.3 Å². The van der Waals surface area contributed by atoms with Crippen LogP contribution in [-0.2, 0) is 9.31 Å². The van der Waals surface area contributed by atoms with E-state index in [0.717, 1.165) is 5.46 Å². The summed E-state index contributed by atoms with van der Waals surface area (Å²) in [6.07, 6.45) is -0.185. The number of alkyl halides is 2. The number of rotatable bonds is 2. The first kappa shape index (κ1) is 17.9. The molecule has 2 saturated heterocycles. The van der Waals surface area contributed by atoms with Gasteiger partial charge in [-0.3, -0.25) is 4.79 Å². The third kappa shape index (κ3) is 2.76. The molecule has 4 nitrogen and oxygen atoms in total. The van der Waals surface area contributed by atoms with Gasteiger partial charge in [0.15, 0.2) is 0 Å². The van der Waals surface area contributed by atoms with Crippen LogP contribution in [0.4, 0.5) is 8.78 Å². The molecular weight excluding hydrogens is 339 g/mol. The van der Waals surface area contributed by atoms with E-state index in [1.54, 1.807) is 17.0 Å².